The van der Waals surface area contributed by atoms with Crippen LogP contribution in [0.15, 0.2) is 23.0 Å². The van der Waals surface area contributed by atoms with Crippen LogP contribution in [-0.4, -0.2) is 21.1 Å². The molecule has 0 saturated heterocycles. The highest BCUT2D eigenvalue weighted by molar-refractivity contribution is 5.42. The second kappa shape index (κ2) is 3.31. The third-order valence-electron chi connectivity index (χ3n) is 2.37. The topological polar surface area (TPSA) is 57.5 Å². The molecule has 2 aromatic rings. The minimum atomic E-state index is -0.0413. The van der Waals surface area contributed by atoms with Crippen LogP contribution in [0.2, 0.25) is 0 Å². The standard InChI is InChI=1S/C10H12N2O2/c1-7-8(5-6-13)11-9-3-2-4-10(14)12(7)9/h2-4,11,13H,5-6H2,1H3. The van der Waals surface area contributed by atoms with Crippen molar-refractivity contribution in [3.63, 3.8) is 0 Å². The number of aliphatic hydroxyl groups is 1. The van der Waals surface area contributed by atoms with E-state index in [0.29, 0.717) is 6.42 Å². The molecule has 2 heterocycles. The number of aryl methyl sites for hydroxylation is 1. The van der Waals surface area contributed by atoms with Gasteiger partial charge in [-0.15, -0.1) is 0 Å². The Balaban J connectivity index is 2.74. The van der Waals surface area contributed by atoms with Crippen LogP contribution in [0.25, 0.3) is 5.65 Å². The third kappa shape index (κ3) is 1.24. The Morgan fingerprint density at radius 2 is 2.29 bits per heavy atom. The SMILES string of the molecule is Cc1c(CCO)[nH]c2cccc(=O)n12. The van der Waals surface area contributed by atoms with Gasteiger partial charge in [-0.05, 0) is 13.0 Å². The van der Waals surface area contributed by atoms with Gasteiger partial charge in [-0.2, -0.15) is 0 Å². The molecule has 14 heavy (non-hydrogen) atoms. The van der Waals surface area contributed by atoms with E-state index in [-0.39, 0.29) is 12.2 Å². The van der Waals surface area contributed by atoms with E-state index in [1.807, 2.05) is 13.0 Å². The molecule has 4 heteroatoms. The number of nitrogens with zero attached hydrogens (tertiary/aromatic N) is 1. The van der Waals surface area contributed by atoms with Gasteiger partial charge in [0.1, 0.15) is 5.65 Å². The van der Waals surface area contributed by atoms with Crippen molar-refractivity contribution in [1.29, 1.82) is 0 Å². The summed E-state index contributed by atoms with van der Waals surface area (Å²) in [5.74, 6) is 0. The number of pyridine rings is 1. The lowest BCUT2D eigenvalue weighted by molar-refractivity contribution is 0.298. The second-order valence-corrected chi connectivity index (χ2v) is 3.25. The highest BCUT2D eigenvalue weighted by Crippen LogP contribution is 2.09. The summed E-state index contributed by atoms with van der Waals surface area (Å²) < 4.78 is 1.62. The summed E-state index contributed by atoms with van der Waals surface area (Å²) >= 11 is 0. The normalized spacial score (nSPS) is 11.0. The molecule has 4 nitrogen and oxygen atoms in total. The van der Waals surface area contributed by atoms with Crippen molar-refractivity contribution in [1.82, 2.24) is 9.38 Å². The molecule has 2 rings (SSSR count). The summed E-state index contributed by atoms with van der Waals surface area (Å²) in [6, 6.07) is 5.09. The fraction of sp³-hybridized carbons (Fsp3) is 0.300. The van der Waals surface area contributed by atoms with Gasteiger partial charge in [-0.1, -0.05) is 6.07 Å². The monoisotopic (exact) mass is 192 g/mol. The molecular weight excluding hydrogens is 180 g/mol. The molecule has 2 aromatic heterocycles. The number of nitrogens with one attached hydrogen (secondary N) is 1. The zero-order chi connectivity index (χ0) is 10.1. The number of hydrogen-bond acceptors (Lipinski definition) is 2. The number of rotatable bonds is 2. The van der Waals surface area contributed by atoms with Gasteiger partial charge in [-0.25, -0.2) is 0 Å². The van der Waals surface area contributed by atoms with Gasteiger partial charge in [0.2, 0.25) is 0 Å². The van der Waals surface area contributed by atoms with Crippen molar-refractivity contribution < 1.29 is 5.11 Å². The predicted molar refractivity (Wildman–Crippen MR) is 53.5 cm³/mol. The van der Waals surface area contributed by atoms with E-state index in [9.17, 15) is 4.79 Å². The van der Waals surface area contributed by atoms with E-state index < -0.39 is 0 Å². The van der Waals surface area contributed by atoms with E-state index in [1.54, 1.807) is 10.5 Å². The Labute approximate surface area is 80.8 Å². The van der Waals surface area contributed by atoms with E-state index in [1.165, 1.54) is 6.07 Å². The number of aliphatic hydroxyl groups excluding tert-OH is 1. The van der Waals surface area contributed by atoms with Gasteiger partial charge < -0.3 is 10.1 Å². The lowest BCUT2D eigenvalue weighted by Gasteiger charge is -1.95. The van der Waals surface area contributed by atoms with Crippen LogP contribution in [0.3, 0.4) is 0 Å². The maximum Gasteiger partial charge on any atom is 0.256 e. The van der Waals surface area contributed by atoms with Crippen molar-refractivity contribution in [2.24, 2.45) is 0 Å². The fourth-order valence-corrected chi connectivity index (χ4v) is 1.67. The first-order chi connectivity index (χ1) is 6.74. The Morgan fingerprint density at radius 3 is 2.93 bits per heavy atom. The van der Waals surface area contributed by atoms with Crippen molar-refractivity contribution in [2.45, 2.75) is 13.3 Å². The molecule has 0 unspecified atom stereocenters. The van der Waals surface area contributed by atoms with Gasteiger partial charge in [0.05, 0.1) is 0 Å². The van der Waals surface area contributed by atoms with Gasteiger partial charge >= 0.3 is 0 Å². The number of aromatic amines is 1. The molecule has 0 atom stereocenters. The Bertz CT molecular complexity index is 510. The number of aromatic nitrogens is 2. The zero-order valence-electron chi connectivity index (χ0n) is 7.95. The third-order valence-corrected chi connectivity index (χ3v) is 2.37. The first kappa shape index (κ1) is 9.02. The molecule has 0 radical (unpaired) electrons. The fourth-order valence-electron chi connectivity index (χ4n) is 1.67. The summed E-state index contributed by atoms with van der Waals surface area (Å²) in [4.78, 5) is 14.6. The molecule has 2 N–H and O–H groups in total. The molecule has 0 saturated carbocycles. The second-order valence-electron chi connectivity index (χ2n) is 3.25. The summed E-state index contributed by atoms with van der Waals surface area (Å²) in [6.45, 7) is 1.96. The van der Waals surface area contributed by atoms with Crippen LogP contribution in [0.5, 0.6) is 0 Å². The quantitative estimate of drug-likeness (QED) is 0.726. The van der Waals surface area contributed by atoms with Crippen molar-refractivity contribution >= 4 is 5.65 Å². The number of hydrogen-bond donors (Lipinski definition) is 2. The van der Waals surface area contributed by atoms with Gasteiger partial charge in [0.15, 0.2) is 0 Å². The minimum Gasteiger partial charge on any atom is -0.396 e. The van der Waals surface area contributed by atoms with Gasteiger partial charge in [-0.3, -0.25) is 9.20 Å². The van der Waals surface area contributed by atoms with E-state index in [4.69, 9.17) is 5.11 Å². The predicted octanol–water partition coefficient (Wildman–Crippen LogP) is 0.471. The minimum absolute atomic E-state index is 0.0413. The first-order valence-electron chi connectivity index (χ1n) is 4.54. The Hall–Kier alpha value is -1.55. The smallest absolute Gasteiger partial charge is 0.256 e. The highest BCUT2D eigenvalue weighted by atomic mass is 16.3. The van der Waals surface area contributed by atoms with E-state index >= 15 is 0 Å². The molecule has 0 aromatic carbocycles. The number of H-pyrrole nitrogens is 1. The molecule has 0 aliphatic heterocycles. The molecule has 74 valence electrons. The molecule has 0 aliphatic carbocycles. The summed E-state index contributed by atoms with van der Waals surface area (Å²) in [5.41, 5.74) is 2.52. The summed E-state index contributed by atoms with van der Waals surface area (Å²) in [5, 5.41) is 8.83. The molecule has 0 bridgehead atoms. The van der Waals surface area contributed by atoms with Crippen LogP contribution in [0.4, 0.5) is 0 Å². The van der Waals surface area contributed by atoms with Crippen LogP contribution in [0, 0.1) is 6.92 Å². The lowest BCUT2D eigenvalue weighted by Crippen LogP contribution is -2.11. The van der Waals surface area contributed by atoms with Crippen molar-refractivity contribution in [3.05, 3.63) is 39.9 Å². The molecule has 0 aliphatic rings. The van der Waals surface area contributed by atoms with Crippen LogP contribution >= 0.6 is 0 Å². The van der Waals surface area contributed by atoms with Crippen LogP contribution in [-0.2, 0) is 6.42 Å². The lowest BCUT2D eigenvalue weighted by atomic mass is 10.3. The van der Waals surface area contributed by atoms with Gasteiger partial charge in [0, 0.05) is 30.5 Å². The van der Waals surface area contributed by atoms with Crippen molar-refractivity contribution in [2.75, 3.05) is 6.61 Å². The highest BCUT2D eigenvalue weighted by Gasteiger charge is 2.06. The Morgan fingerprint density at radius 1 is 1.50 bits per heavy atom. The molecule has 0 amide bonds. The molecule has 0 fully saturated rings. The largest absolute Gasteiger partial charge is 0.396 e. The first-order valence-corrected chi connectivity index (χ1v) is 4.54. The van der Waals surface area contributed by atoms with Crippen molar-refractivity contribution in [3.8, 4) is 0 Å². The van der Waals surface area contributed by atoms with E-state index in [0.717, 1.165) is 17.0 Å². The summed E-state index contributed by atoms with van der Waals surface area (Å²) in [7, 11) is 0. The van der Waals surface area contributed by atoms with Crippen LogP contribution < -0.4 is 5.56 Å². The van der Waals surface area contributed by atoms with Gasteiger partial charge in [0.25, 0.3) is 5.56 Å². The Kier molecular flexibility index (Phi) is 2.13. The average Bonchev–Trinajstić information content (AvgIpc) is 2.46. The number of fused-ring (bicyclic) bond motifs is 1. The summed E-state index contributed by atoms with van der Waals surface area (Å²) in [6.07, 6.45) is 0.549. The maximum absolute atomic E-state index is 11.5. The number of imidazole rings is 1. The maximum atomic E-state index is 11.5. The average molecular weight is 192 g/mol. The molecule has 0 spiro atoms. The zero-order valence-corrected chi connectivity index (χ0v) is 7.95. The van der Waals surface area contributed by atoms with E-state index in [2.05, 4.69) is 4.98 Å². The molecular formula is C10H12N2O2. The van der Waals surface area contributed by atoms with Crippen LogP contribution in [0.1, 0.15) is 11.4 Å².